The molecule has 25 heavy (non-hydrogen) atoms. The lowest BCUT2D eigenvalue weighted by atomic mass is 10.2. The molecule has 4 N–H and O–H groups in total. The summed E-state index contributed by atoms with van der Waals surface area (Å²) in [5.41, 5.74) is 2.99. The van der Waals surface area contributed by atoms with Crippen molar-refractivity contribution in [3.8, 4) is 23.0 Å². The molecule has 0 fully saturated rings. The average Bonchev–Trinajstić information content (AvgIpc) is 2.63. The molecule has 0 aromatic heterocycles. The number of phenols is 2. The number of benzene rings is 2. The standard InChI is InChI=1S/C16H16N2O5.CH4O/c1-22-14-6-3-10(7-15(14)23-2)9-17-18-16(21)12-5-4-11(19)8-13(12)20;1-2/h3-9,19-20H,1-2H3,(H,18,21);2H,1H3/b17-9+;. The predicted octanol–water partition coefficient (Wildman–Crippen LogP) is 1.49. The van der Waals surface area contributed by atoms with Gasteiger partial charge < -0.3 is 24.8 Å². The molecular weight excluding hydrogens is 328 g/mol. The molecule has 2 rings (SSSR count). The first-order valence-electron chi connectivity index (χ1n) is 7.07. The zero-order chi connectivity index (χ0) is 18.8. The average molecular weight is 348 g/mol. The summed E-state index contributed by atoms with van der Waals surface area (Å²) in [7, 11) is 4.06. The number of nitrogens with one attached hydrogen (secondary N) is 1. The van der Waals surface area contributed by atoms with Crippen molar-refractivity contribution in [3.63, 3.8) is 0 Å². The number of carbonyl (C=O) groups is 1. The Morgan fingerprint density at radius 1 is 1.04 bits per heavy atom. The highest BCUT2D eigenvalue weighted by atomic mass is 16.5. The third-order valence-corrected chi connectivity index (χ3v) is 3.01. The SMILES string of the molecule is CO.COc1ccc(/C=N/NC(=O)c2ccc(O)cc2O)cc1OC. The summed E-state index contributed by atoms with van der Waals surface area (Å²) < 4.78 is 10.3. The Balaban J connectivity index is 0.00000151. The second-order valence-corrected chi connectivity index (χ2v) is 4.51. The quantitative estimate of drug-likeness (QED) is 0.480. The number of amides is 1. The Morgan fingerprint density at radius 2 is 1.72 bits per heavy atom. The maximum atomic E-state index is 11.9. The van der Waals surface area contributed by atoms with Crippen LogP contribution in [0.3, 0.4) is 0 Å². The van der Waals surface area contributed by atoms with Crippen LogP contribution in [0.2, 0.25) is 0 Å². The van der Waals surface area contributed by atoms with Crippen LogP contribution < -0.4 is 14.9 Å². The number of hydrogen-bond acceptors (Lipinski definition) is 7. The molecule has 0 radical (unpaired) electrons. The van der Waals surface area contributed by atoms with Crippen molar-refractivity contribution in [2.45, 2.75) is 0 Å². The number of ether oxygens (including phenoxy) is 2. The maximum Gasteiger partial charge on any atom is 0.275 e. The Labute approximate surface area is 145 Å². The number of hydrogen-bond donors (Lipinski definition) is 4. The molecule has 0 heterocycles. The molecule has 8 nitrogen and oxygen atoms in total. The van der Waals surface area contributed by atoms with Crippen LogP contribution >= 0.6 is 0 Å². The zero-order valence-electron chi connectivity index (χ0n) is 14.1. The topological polar surface area (TPSA) is 121 Å². The van der Waals surface area contributed by atoms with Crippen LogP contribution in [0.4, 0.5) is 0 Å². The number of phenolic OH excluding ortho intramolecular Hbond substituents is 2. The van der Waals surface area contributed by atoms with Gasteiger partial charge in [0, 0.05) is 13.2 Å². The molecule has 0 spiro atoms. The van der Waals surface area contributed by atoms with Crippen molar-refractivity contribution < 1.29 is 29.6 Å². The fourth-order valence-electron chi connectivity index (χ4n) is 1.87. The van der Waals surface area contributed by atoms with Crippen molar-refractivity contribution in [2.24, 2.45) is 5.10 Å². The van der Waals surface area contributed by atoms with Gasteiger partial charge in [-0.3, -0.25) is 4.79 Å². The lowest BCUT2D eigenvalue weighted by Crippen LogP contribution is -2.17. The lowest BCUT2D eigenvalue weighted by Gasteiger charge is -2.07. The van der Waals surface area contributed by atoms with Gasteiger partial charge in [0.05, 0.1) is 26.0 Å². The monoisotopic (exact) mass is 348 g/mol. The van der Waals surface area contributed by atoms with E-state index in [2.05, 4.69) is 10.5 Å². The van der Waals surface area contributed by atoms with Gasteiger partial charge in [-0.05, 0) is 35.9 Å². The third kappa shape index (κ3) is 5.40. The summed E-state index contributed by atoms with van der Waals surface area (Å²) in [4.78, 5) is 11.9. The predicted molar refractivity (Wildman–Crippen MR) is 92.5 cm³/mol. The van der Waals surface area contributed by atoms with Crippen LogP contribution in [-0.2, 0) is 0 Å². The number of rotatable bonds is 5. The van der Waals surface area contributed by atoms with Gasteiger partial charge in [-0.2, -0.15) is 5.10 Å². The molecule has 0 atom stereocenters. The smallest absolute Gasteiger partial charge is 0.275 e. The van der Waals surface area contributed by atoms with Crippen LogP contribution in [0.15, 0.2) is 41.5 Å². The van der Waals surface area contributed by atoms with E-state index in [1.165, 1.54) is 32.6 Å². The van der Waals surface area contributed by atoms with E-state index in [1.54, 1.807) is 18.2 Å². The normalized spacial score (nSPS) is 9.92. The minimum Gasteiger partial charge on any atom is -0.508 e. The molecule has 0 saturated carbocycles. The summed E-state index contributed by atoms with van der Waals surface area (Å²) in [5, 5.41) is 29.6. The summed E-state index contributed by atoms with van der Waals surface area (Å²) >= 11 is 0. The van der Waals surface area contributed by atoms with E-state index in [9.17, 15) is 15.0 Å². The molecule has 1 amide bonds. The molecule has 0 bridgehead atoms. The van der Waals surface area contributed by atoms with Crippen LogP contribution in [-0.4, -0.2) is 48.8 Å². The largest absolute Gasteiger partial charge is 0.508 e. The van der Waals surface area contributed by atoms with Gasteiger partial charge in [0.15, 0.2) is 11.5 Å². The van der Waals surface area contributed by atoms with E-state index in [4.69, 9.17) is 14.6 Å². The van der Waals surface area contributed by atoms with Gasteiger partial charge in [-0.25, -0.2) is 5.43 Å². The van der Waals surface area contributed by atoms with Gasteiger partial charge in [0.1, 0.15) is 11.5 Å². The summed E-state index contributed by atoms with van der Waals surface area (Å²) in [5.74, 6) is 0.0672. The van der Waals surface area contributed by atoms with E-state index >= 15 is 0 Å². The van der Waals surface area contributed by atoms with E-state index in [-0.39, 0.29) is 17.1 Å². The van der Waals surface area contributed by atoms with Gasteiger partial charge in [0.25, 0.3) is 5.91 Å². The zero-order valence-corrected chi connectivity index (χ0v) is 14.1. The highest BCUT2D eigenvalue weighted by Crippen LogP contribution is 2.27. The Bertz CT molecular complexity index is 746. The van der Waals surface area contributed by atoms with E-state index < -0.39 is 5.91 Å². The van der Waals surface area contributed by atoms with Crippen molar-refractivity contribution in [1.29, 1.82) is 0 Å². The second-order valence-electron chi connectivity index (χ2n) is 4.51. The van der Waals surface area contributed by atoms with Crippen LogP contribution in [0.5, 0.6) is 23.0 Å². The van der Waals surface area contributed by atoms with Gasteiger partial charge in [-0.1, -0.05) is 0 Å². The number of methoxy groups -OCH3 is 2. The third-order valence-electron chi connectivity index (χ3n) is 3.01. The van der Waals surface area contributed by atoms with Crippen molar-refractivity contribution >= 4 is 12.1 Å². The van der Waals surface area contributed by atoms with Crippen LogP contribution in [0.1, 0.15) is 15.9 Å². The van der Waals surface area contributed by atoms with Crippen molar-refractivity contribution in [3.05, 3.63) is 47.5 Å². The maximum absolute atomic E-state index is 11.9. The van der Waals surface area contributed by atoms with E-state index in [1.807, 2.05) is 0 Å². The minimum atomic E-state index is -0.598. The fraction of sp³-hybridized carbons (Fsp3) is 0.176. The molecule has 0 aliphatic rings. The van der Waals surface area contributed by atoms with Gasteiger partial charge in [-0.15, -0.1) is 0 Å². The number of aromatic hydroxyl groups is 2. The van der Waals surface area contributed by atoms with Crippen LogP contribution in [0.25, 0.3) is 0 Å². The van der Waals surface area contributed by atoms with Crippen LogP contribution in [0, 0.1) is 0 Å². The molecule has 0 aliphatic carbocycles. The van der Waals surface area contributed by atoms with E-state index in [0.29, 0.717) is 17.1 Å². The fourth-order valence-corrected chi connectivity index (χ4v) is 1.87. The first-order chi connectivity index (χ1) is 12.0. The number of hydrazone groups is 1. The summed E-state index contributed by atoms with van der Waals surface area (Å²) in [6, 6.07) is 8.83. The molecule has 0 unspecified atom stereocenters. The first-order valence-corrected chi connectivity index (χ1v) is 7.07. The highest BCUT2D eigenvalue weighted by Gasteiger charge is 2.10. The molecule has 2 aromatic rings. The number of aliphatic hydroxyl groups excluding tert-OH is 1. The first kappa shape index (κ1) is 19.8. The van der Waals surface area contributed by atoms with Gasteiger partial charge >= 0.3 is 0 Å². The molecule has 0 aliphatic heterocycles. The molecule has 2 aromatic carbocycles. The molecule has 134 valence electrons. The number of nitrogens with zero attached hydrogens (tertiary/aromatic N) is 1. The van der Waals surface area contributed by atoms with Crippen molar-refractivity contribution in [1.82, 2.24) is 5.43 Å². The molecule has 0 saturated heterocycles. The molecule has 8 heteroatoms. The lowest BCUT2D eigenvalue weighted by molar-refractivity contribution is 0.0952. The van der Waals surface area contributed by atoms with Gasteiger partial charge in [0.2, 0.25) is 0 Å². The summed E-state index contributed by atoms with van der Waals surface area (Å²) in [6.45, 7) is 0. The minimum absolute atomic E-state index is 0.00672. The Morgan fingerprint density at radius 3 is 2.32 bits per heavy atom. The molecular formula is C17H20N2O6. The van der Waals surface area contributed by atoms with Crippen molar-refractivity contribution in [2.75, 3.05) is 21.3 Å². The Hall–Kier alpha value is -3.26. The van der Waals surface area contributed by atoms with E-state index in [0.717, 1.165) is 13.2 Å². The Kier molecular flexibility index (Phi) is 7.74. The number of carbonyl (C=O) groups excluding carboxylic acids is 1. The highest BCUT2D eigenvalue weighted by molar-refractivity contribution is 5.97. The number of aliphatic hydroxyl groups is 1. The summed E-state index contributed by atoms with van der Waals surface area (Å²) in [6.07, 6.45) is 1.43. The second kappa shape index (κ2) is 9.78.